The summed E-state index contributed by atoms with van der Waals surface area (Å²) in [6.07, 6.45) is 0. The van der Waals surface area contributed by atoms with E-state index in [-0.39, 0.29) is 11.2 Å². The monoisotopic (exact) mass is 350 g/mol. The van der Waals surface area contributed by atoms with Crippen molar-refractivity contribution in [2.75, 3.05) is 6.54 Å². The fourth-order valence-corrected chi connectivity index (χ4v) is 3.49. The number of hydrogen-bond acceptors (Lipinski definition) is 3. The molecule has 25 heavy (non-hydrogen) atoms. The first kappa shape index (κ1) is 17.5. The SMILES string of the molecule is C[C@@H](Sc1ccc2ccccc2n1)C(=O)NC[C@H](C)c1ccccc1. The molecule has 128 valence electrons. The highest BCUT2D eigenvalue weighted by atomic mass is 32.2. The average Bonchev–Trinajstić information content (AvgIpc) is 2.66. The molecule has 2 aromatic carbocycles. The van der Waals surface area contributed by atoms with Crippen LogP contribution in [-0.4, -0.2) is 22.7 Å². The van der Waals surface area contributed by atoms with Crippen LogP contribution in [0.15, 0.2) is 71.8 Å². The van der Waals surface area contributed by atoms with Crippen LogP contribution in [0.1, 0.15) is 25.3 Å². The molecule has 3 rings (SSSR count). The maximum atomic E-state index is 12.4. The quantitative estimate of drug-likeness (QED) is 0.659. The second kappa shape index (κ2) is 8.17. The molecule has 4 heteroatoms. The molecule has 2 atom stereocenters. The van der Waals surface area contributed by atoms with Gasteiger partial charge in [-0.1, -0.05) is 73.3 Å². The highest BCUT2D eigenvalue weighted by Gasteiger charge is 2.16. The fraction of sp³-hybridized carbons (Fsp3) is 0.238. The number of fused-ring (bicyclic) bond motifs is 1. The topological polar surface area (TPSA) is 42.0 Å². The molecule has 3 nitrogen and oxygen atoms in total. The molecule has 0 aliphatic carbocycles. The lowest BCUT2D eigenvalue weighted by atomic mass is 10.0. The van der Waals surface area contributed by atoms with Crippen LogP contribution >= 0.6 is 11.8 Å². The van der Waals surface area contributed by atoms with E-state index >= 15 is 0 Å². The Balaban J connectivity index is 1.56. The standard InChI is InChI=1S/C21H22N2OS/c1-15(17-8-4-3-5-9-17)14-22-21(24)16(2)25-20-13-12-18-10-6-7-11-19(18)23-20/h3-13,15-16H,14H2,1-2H3,(H,22,24)/t15-,16+/m0/s1. The number of para-hydroxylation sites is 1. The van der Waals surface area contributed by atoms with Crippen molar-refractivity contribution in [2.45, 2.75) is 30.0 Å². The molecule has 1 aromatic heterocycles. The molecule has 0 spiro atoms. The van der Waals surface area contributed by atoms with Crippen LogP contribution in [0.4, 0.5) is 0 Å². The maximum Gasteiger partial charge on any atom is 0.233 e. The number of carbonyl (C=O) groups is 1. The first-order valence-electron chi connectivity index (χ1n) is 8.48. The molecule has 0 fully saturated rings. The summed E-state index contributed by atoms with van der Waals surface area (Å²) < 4.78 is 0. The molecule has 0 saturated heterocycles. The maximum absolute atomic E-state index is 12.4. The normalized spacial score (nSPS) is 13.4. The third-order valence-corrected chi connectivity index (χ3v) is 5.23. The molecule has 0 aliphatic heterocycles. The average molecular weight is 350 g/mol. The lowest BCUT2D eigenvalue weighted by Gasteiger charge is -2.16. The van der Waals surface area contributed by atoms with Crippen molar-refractivity contribution in [2.24, 2.45) is 0 Å². The van der Waals surface area contributed by atoms with Crippen LogP contribution in [0, 0.1) is 0 Å². The van der Waals surface area contributed by atoms with E-state index in [1.165, 1.54) is 17.3 Å². The number of carbonyl (C=O) groups excluding carboxylic acids is 1. The van der Waals surface area contributed by atoms with Crippen LogP contribution in [-0.2, 0) is 4.79 Å². The van der Waals surface area contributed by atoms with Crippen molar-refractivity contribution in [1.29, 1.82) is 0 Å². The summed E-state index contributed by atoms with van der Waals surface area (Å²) in [6, 6.07) is 22.3. The largest absolute Gasteiger partial charge is 0.355 e. The van der Waals surface area contributed by atoms with Gasteiger partial charge in [-0.25, -0.2) is 4.98 Å². The van der Waals surface area contributed by atoms with E-state index in [1.807, 2.05) is 61.5 Å². The molecule has 0 aliphatic rings. The van der Waals surface area contributed by atoms with Gasteiger partial charge in [0.2, 0.25) is 5.91 Å². The summed E-state index contributed by atoms with van der Waals surface area (Å²) in [6.45, 7) is 4.68. The highest BCUT2D eigenvalue weighted by molar-refractivity contribution is 8.00. The van der Waals surface area contributed by atoms with Crippen molar-refractivity contribution in [3.05, 3.63) is 72.3 Å². The molecular formula is C21H22N2OS. The molecule has 0 unspecified atom stereocenters. The number of thioether (sulfide) groups is 1. The minimum Gasteiger partial charge on any atom is -0.355 e. The van der Waals surface area contributed by atoms with Gasteiger partial charge >= 0.3 is 0 Å². The number of nitrogens with one attached hydrogen (secondary N) is 1. The van der Waals surface area contributed by atoms with Crippen LogP contribution in [0.2, 0.25) is 0 Å². The molecule has 3 aromatic rings. The lowest BCUT2D eigenvalue weighted by molar-refractivity contribution is -0.120. The van der Waals surface area contributed by atoms with E-state index in [1.54, 1.807) is 0 Å². The number of nitrogens with zero attached hydrogens (tertiary/aromatic N) is 1. The van der Waals surface area contributed by atoms with Crippen LogP contribution < -0.4 is 5.32 Å². The molecule has 0 saturated carbocycles. The summed E-state index contributed by atoms with van der Waals surface area (Å²) in [4.78, 5) is 17.0. The fourth-order valence-electron chi connectivity index (χ4n) is 2.64. The van der Waals surface area contributed by atoms with E-state index in [0.717, 1.165) is 15.9 Å². The van der Waals surface area contributed by atoms with Crippen molar-refractivity contribution < 1.29 is 4.79 Å². The summed E-state index contributed by atoms with van der Waals surface area (Å²) in [5.74, 6) is 0.337. The third-order valence-electron chi connectivity index (χ3n) is 4.19. The number of rotatable bonds is 6. The Morgan fingerprint density at radius 2 is 1.72 bits per heavy atom. The van der Waals surface area contributed by atoms with Crippen molar-refractivity contribution in [1.82, 2.24) is 10.3 Å². The van der Waals surface area contributed by atoms with Gasteiger partial charge in [-0.2, -0.15) is 0 Å². The van der Waals surface area contributed by atoms with E-state index < -0.39 is 0 Å². The summed E-state index contributed by atoms with van der Waals surface area (Å²) in [5, 5.41) is 4.85. The van der Waals surface area contributed by atoms with Gasteiger partial charge in [0, 0.05) is 11.9 Å². The Morgan fingerprint density at radius 1 is 1.00 bits per heavy atom. The lowest BCUT2D eigenvalue weighted by Crippen LogP contribution is -2.33. The van der Waals surface area contributed by atoms with Gasteiger partial charge in [-0.15, -0.1) is 0 Å². The molecule has 0 radical (unpaired) electrons. The number of hydrogen-bond donors (Lipinski definition) is 1. The predicted molar refractivity (Wildman–Crippen MR) is 105 cm³/mol. The summed E-state index contributed by atoms with van der Waals surface area (Å²) in [7, 11) is 0. The number of amides is 1. The minimum atomic E-state index is -0.184. The molecule has 1 heterocycles. The molecule has 0 bridgehead atoms. The van der Waals surface area contributed by atoms with Crippen LogP contribution in [0.25, 0.3) is 10.9 Å². The zero-order valence-electron chi connectivity index (χ0n) is 14.5. The number of benzene rings is 2. The van der Waals surface area contributed by atoms with Gasteiger partial charge in [0.15, 0.2) is 0 Å². The van der Waals surface area contributed by atoms with Gasteiger partial charge in [0.1, 0.15) is 0 Å². The van der Waals surface area contributed by atoms with E-state index in [0.29, 0.717) is 12.5 Å². The molecular weight excluding hydrogens is 328 g/mol. The van der Waals surface area contributed by atoms with Gasteiger partial charge in [-0.05, 0) is 30.5 Å². The first-order valence-corrected chi connectivity index (χ1v) is 9.36. The van der Waals surface area contributed by atoms with E-state index in [9.17, 15) is 4.79 Å². The highest BCUT2D eigenvalue weighted by Crippen LogP contribution is 2.24. The van der Waals surface area contributed by atoms with Gasteiger partial charge in [0.25, 0.3) is 0 Å². The Hall–Kier alpha value is -2.33. The predicted octanol–water partition coefficient (Wildman–Crippen LogP) is 4.64. The Labute approximate surface area is 152 Å². The Bertz CT molecular complexity index is 851. The van der Waals surface area contributed by atoms with Gasteiger partial charge in [0.05, 0.1) is 15.8 Å². The van der Waals surface area contributed by atoms with Crippen molar-refractivity contribution >= 4 is 28.6 Å². The Morgan fingerprint density at radius 3 is 2.52 bits per heavy atom. The first-order chi connectivity index (χ1) is 12.1. The zero-order chi connectivity index (χ0) is 17.6. The van der Waals surface area contributed by atoms with Crippen molar-refractivity contribution in [3.8, 4) is 0 Å². The third kappa shape index (κ3) is 4.60. The smallest absolute Gasteiger partial charge is 0.233 e. The zero-order valence-corrected chi connectivity index (χ0v) is 15.3. The number of aromatic nitrogens is 1. The van der Waals surface area contributed by atoms with Gasteiger partial charge < -0.3 is 5.32 Å². The summed E-state index contributed by atoms with van der Waals surface area (Å²) >= 11 is 1.49. The molecule has 1 N–H and O–H groups in total. The van der Waals surface area contributed by atoms with E-state index in [4.69, 9.17) is 0 Å². The molecule has 1 amide bonds. The minimum absolute atomic E-state index is 0.0442. The second-order valence-corrected chi connectivity index (χ2v) is 7.52. The van der Waals surface area contributed by atoms with E-state index in [2.05, 4.69) is 29.4 Å². The Kier molecular flexibility index (Phi) is 5.71. The summed E-state index contributed by atoms with van der Waals surface area (Å²) in [5.41, 5.74) is 2.19. The second-order valence-electron chi connectivity index (χ2n) is 6.16. The van der Waals surface area contributed by atoms with Gasteiger partial charge in [-0.3, -0.25) is 4.79 Å². The number of pyridine rings is 1. The van der Waals surface area contributed by atoms with Crippen LogP contribution in [0.3, 0.4) is 0 Å². The van der Waals surface area contributed by atoms with Crippen LogP contribution in [0.5, 0.6) is 0 Å². The van der Waals surface area contributed by atoms with Crippen molar-refractivity contribution in [3.63, 3.8) is 0 Å².